The molecule has 0 amide bonds. The third kappa shape index (κ3) is 4.68. The minimum atomic E-state index is 0.394. The van der Waals surface area contributed by atoms with Crippen molar-refractivity contribution in [3.63, 3.8) is 0 Å². The summed E-state index contributed by atoms with van der Waals surface area (Å²) in [6.45, 7) is 3.93. The van der Waals surface area contributed by atoms with Crippen LogP contribution in [0.25, 0.3) is 5.57 Å². The molecular weight excluding hydrogens is 316 g/mol. The first-order chi connectivity index (χ1) is 12.4. The first kappa shape index (κ1) is 17.2. The number of rotatable bonds is 7. The van der Waals surface area contributed by atoms with Crippen molar-refractivity contribution in [1.29, 1.82) is 0 Å². The van der Waals surface area contributed by atoms with E-state index in [2.05, 4.69) is 103 Å². The highest BCUT2D eigenvalue weighted by atomic mass is 28.2. The number of hydrogen-bond acceptors (Lipinski definition) is 0. The van der Waals surface area contributed by atoms with Gasteiger partial charge in [0, 0.05) is 5.54 Å². The molecule has 0 N–H and O–H groups in total. The number of benzene rings is 3. The van der Waals surface area contributed by atoms with Gasteiger partial charge in [-0.05, 0) is 28.7 Å². The maximum atomic E-state index is 3.93. The molecule has 0 bridgehead atoms. The lowest BCUT2D eigenvalue weighted by Crippen LogP contribution is -2.09. The van der Waals surface area contributed by atoms with Crippen molar-refractivity contribution < 1.29 is 0 Å². The van der Waals surface area contributed by atoms with Gasteiger partial charge in [0.2, 0.25) is 0 Å². The van der Waals surface area contributed by atoms with Gasteiger partial charge in [-0.2, -0.15) is 0 Å². The summed E-state index contributed by atoms with van der Waals surface area (Å²) in [5.74, 6) is 0. The average Bonchev–Trinajstić information content (AvgIpc) is 2.70. The Morgan fingerprint density at radius 1 is 0.760 bits per heavy atom. The van der Waals surface area contributed by atoms with Gasteiger partial charge < -0.3 is 0 Å². The molecule has 3 aromatic carbocycles. The molecule has 2 radical (unpaired) electrons. The molecule has 0 unspecified atom stereocenters. The summed E-state index contributed by atoms with van der Waals surface area (Å²) >= 11 is 0. The normalized spacial score (nSPS) is 11.5. The van der Waals surface area contributed by atoms with Crippen LogP contribution in [0, 0.1) is 0 Å². The zero-order chi connectivity index (χ0) is 17.3. The minimum Gasteiger partial charge on any atom is -0.103 e. The predicted molar refractivity (Wildman–Crippen MR) is 110 cm³/mol. The molecule has 0 fully saturated rings. The van der Waals surface area contributed by atoms with Crippen LogP contribution in [0.1, 0.15) is 28.7 Å². The van der Waals surface area contributed by atoms with Crippen molar-refractivity contribution in [2.24, 2.45) is 0 Å². The summed E-state index contributed by atoms with van der Waals surface area (Å²) in [4.78, 5) is 0. The molecule has 0 aliphatic rings. The van der Waals surface area contributed by atoms with Crippen molar-refractivity contribution in [2.45, 2.75) is 12.0 Å². The van der Waals surface area contributed by atoms with Crippen LogP contribution in [-0.4, -0.2) is 9.52 Å². The SMILES string of the molecule is C=CC/C(=C/[Si]C(c1ccccc1)c1ccccc1)c1ccccc1. The lowest BCUT2D eigenvalue weighted by atomic mass is 10.0. The van der Waals surface area contributed by atoms with Gasteiger partial charge in [-0.25, -0.2) is 0 Å². The van der Waals surface area contributed by atoms with Crippen molar-refractivity contribution in [2.75, 3.05) is 0 Å². The molecule has 0 aromatic heterocycles. The maximum Gasteiger partial charge on any atom is 0.0849 e. The highest BCUT2D eigenvalue weighted by Gasteiger charge is 2.14. The molecule has 0 saturated heterocycles. The monoisotopic (exact) mass is 338 g/mol. The molecular formula is C24H22Si. The molecule has 0 nitrogen and oxygen atoms in total. The van der Waals surface area contributed by atoms with Crippen LogP contribution in [0.3, 0.4) is 0 Å². The molecule has 0 saturated carbocycles. The van der Waals surface area contributed by atoms with Crippen LogP contribution in [0.4, 0.5) is 0 Å². The first-order valence-electron chi connectivity index (χ1n) is 8.60. The molecule has 0 atom stereocenters. The molecule has 122 valence electrons. The molecule has 3 aromatic rings. The highest BCUT2D eigenvalue weighted by molar-refractivity contribution is 6.46. The molecule has 0 aliphatic heterocycles. The van der Waals surface area contributed by atoms with E-state index in [9.17, 15) is 0 Å². The summed E-state index contributed by atoms with van der Waals surface area (Å²) in [5, 5.41) is 0. The van der Waals surface area contributed by atoms with E-state index in [0.29, 0.717) is 15.1 Å². The summed E-state index contributed by atoms with van der Waals surface area (Å²) in [6.07, 6.45) is 2.89. The van der Waals surface area contributed by atoms with Gasteiger partial charge in [0.25, 0.3) is 0 Å². The van der Waals surface area contributed by atoms with Gasteiger partial charge >= 0.3 is 0 Å². The second-order valence-electron chi connectivity index (χ2n) is 5.95. The number of allylic oxidation sites excluding steroid dienone is 2. The van der Waals surface area contributed by atoms with Crippen LogP contribution < -0.4 is 0 Å². The topological polar surface area (TPSA) is 0 Å². The lowest BCUT2D eigenvalue weighted by molar-refractivity contribution is 1.13. The standard InChI is InChI=1S/C24H22Si/c1-2-12-23(20-13-6-3-7-14-20)19-25-24(21-15-8-4-9-16-21)22-17-10-5-11-18-22/h2-11,13-19,24H,1,12H2/b23-19-. The van der Waals surface area contributed by atoms with Gasteiger partial charge in [0.05, 0.1) is 9.52 Å². The van der Waals surface area contributed by atoms with E-state index >= 15 is 0 Å². The van der Waals surface area contributed by atoms with Crippen LogP contribution in [-0.2, 0) is 0 Å². The maximum absolute atomic E-state index is 3.93. The summed E-state index contributed by atoms with van der Waals surface area (Å²) < 4.78 is 0. The van der Waals surface area contributed by atoms with Crippen molar-refractivity contribution >= 4 is 15.1 Å². The van der Waals surface area contributed by atoms with Crippen LogP contribution >= 0.6 is 0 Å². The molecule has 0 aliphatic carbocycles. The van der Waals surface area contributed by atoms with Crippen molar-refractivity contribution in [3.05, 3.63) is 126 Å². The van der Waals surface area contributed by atoms with Crippen LogP contribution in [0.15, 0.2) is 109 Å². The fourth-order valence-corrected chi connectivity index (χ4v) is 4.35. The summed E-state index contributed by atoms with van der Waals surface area (Å²) in [6, 6.07) is 32.2. The molecule has 3 rings (SSSR count). The molecule has 1 heteroatoms. The summed E-state index contributed by atoms with van der Waals surface area (Å²) in [7, 11) is 0.684. The zero-order valence-corrected chi connectivity index (χ0v) is 15.3. The highest BCUT2D eigenvalue weighted by Crippen LogP contribution is 2.26. The Bertz CT molecular complexity index is 765. The Labute approximate surface area is 153 Å². The van der Waals surface area contributed by atoms with Crippen LogP contribution in [0.5, 0.6) is 0 Å². The number of hydrogen-bond donors (Lipinski definition) is 0. The van der Waals surface area contributed by atoms with Gasteiger partial charge in [-0.3, -0.25) is 0 Å². The Balaban J connectivity index is 1.93. The van der Waals surface area contributed by atoms with E-state index in [1.54, 1.807) is 0 Å². The van der Waals surface area contributed by atoms with E-state index in [-0.39, 0.29) is 0 Å². The van der Waals surface area contributed by atoms with E-state index in [1.165, 1.54) is 22.3 Å². The van der Waals surface area contributed by atoms with Crippen LogP contribution in [0.2, 0.25) is 0 Å². The Kier molecular flexibility index (Phi) is 6.19. The molecule has 25 heavy (non-hydrogen) atoms. The quantitative estimate of drug-likeness (QED) is 0.361. The van der Waals surface area contributed by atoms with E-state index in [1.807, 2.05) is 6.08 Å². The molecule has 0 heterocycles. The smallest absolute Gasteiger partial charge is 0.0849 e. The summed E-state index contributed by atoms with van der Waals surface area (Å²) in [5.41, 5.74) is 8.18. The van der Waals surface area contributed by atoms with Gasteiger partial charge in [-0.15, -0.1) is 6.58 Å². The Morgan fingerprint density at radius 3 is 1.72 bits per heavy atom. The predicted octanol–water partition coefficient (Wildman–Crippen LogP) is 6.10. The van der Waals surface area contributed by atoms with Crippen molar-refractivity contribution in [1.82, 2.24) is 0 Å². The lowest BCUT2D eigenvalue weighted by Gasteiger charge is -2.16. The zero-order valence-electron chi connectivity index (χ0n) is 14.3. The Morgan fingerprint density at radius 2 is 1.24 bits per heavy atom. The van der Waals surface area contributed by atoms with E-state index < -0.39 is 0 Å². The third-order valence-electron chi connectivity index (χ3n) is 4.20. The molecule has 0 spiro atoms. The second-order valence-corrected chi connectivity index (χ2v) is 7.15. The van der Waals surface area contributed by atoms with Gasteiger partial charge in [-0.1, -0.05) is 103 Å². The van der Waals surface area contributed by atoms with Gasteiger partial charge in [0.1, 0.15) is 0 Å². The first-order valence-corrected chi connectivity index (χ1v) is 9.75. The van der Waals surface area contributed by atoms with Crippen molar-refractivity contribution in [3.8, 4) is 0 Å². The van der Waals surface area contributed by atoms with E-state index in [4.69, 9.17) is 0 Å². The minimum absolute atomic E-state index is 0.394. The largest absolute Gasteiger partial charge is 0.103 e. The fourth-order valence-electron chi connectivity index (χ4n) is 2.93. The fraction of sp³-hybridized carbons (Fsp3) is 0.0833. The third-order valence-corrected chi connectivity index (χ3v) is 5.71. The van der Waals surface area contributed by atoms with Gasteiger partial charge in [0.15, 0.2) is 0 Å². The second kappa shape index (κ2) is 9.00. The Hall–Kier alpha value is -2.64. The van der Waals surface area contributed by atoms with E-state index in [0.717, 1.165) is 6.42 Å². The average molecular weight is 339 g/mol.